The maximum atomic E-state index is 12.3. The zero-order chi connectivity index (χ0) is 27.2. The predicted molar refractivity (Wildman–Crippen MR) is 139 cm³/mol. The van der Waals surface area contributed by atoms with E-state index >= 15 is 0 Å². The Morgan fingerprint density at radius 2 is 1.51 bits per heavy atom. The number of carboxylic acid groups (broad SMARTS) is 1. The van der Waals surface area contributed by atoms with Crippen molar-refractivity contribution in [3.8, 4) is 17.2 Å². The summed E-state index contributed by atoms with van der Waals surface area (Å²) in [5, 5.41) is 18.2. The van der Waals surface area contributed by atoms with Crippen molar-refractivity contribution in [2.24, 2.45) is 5.73 Å². The third kappa shape index (κ3) is 9.43. The highest BCUT2D eigenvalue weighted by Crippen LogP contribution is 2.28. The molecular formula is C27H32N2O8. The van der Waals surface area contributed by atoms with Crippen molar-refractivity contribution in [1.82, 2.24) is 4.90 Å². The first-order chi connectivity index (χ1) is 17.8. The molecule has 0 heterocycles. The Bertz CT molecular complexity index is 1140. The minimum Gasteiger partial charge on any atom is -0.496 e. The number of allylic oxidation sites excluding steroid dienone is 2. The third-order valence-electron chi connectivity index (χ3n) is 5.15. The number of nitrogens with zero attached hydrogens (tertiary/aromatic N) is 1. The fourth-order valence-electron chi connectivity index (χ4n) is 3.33. The normalized spacial score (nSPS) is 11.0. The van der Waals surface area contributed by atoms with E-state index in [0.717, 1.165) is 0 Å². The number of carbonyl (C=O) groups excluding carboxylic acids is 2. The van der Waals surface area contributed by atoms with Crippen LogP contribution in [0.25, 0.3) is 12.2 Å². The number of benzene rings is 2. The molecule has 2 aromatic carbocycles. The van der Waals surface area contributed by atoms with Crippen molar-refractivity contribution >= 4 is 29.8 Å². The van der Waals surface area contributed by atoms with Gasteiger partial charge in [0, 0.05) is 18.7 Å². The summed E-state index contributed by atoms with van der Waals surface area (Å²) in [5.74, 6) is 0.664. The molecule has 0 radical (unpaired) electrons. The van der Waals surface area contributed by atoms with Gasteiger partial charge < -0.3 is 35.1 Å². The minimum absolute atomic E-state index is 0.115. The summed E-state index contributed by atoms with van der Waals surface area (Å²) in [7, 11) is 2.96. The Morgan fingerprint density at radius 1 is 0.919 bits per heavy atom. The average Bonchev–Trinajstić information content (AvgIpc) is 2.89. The van der Waals surface area contributed by atoms with Gasteiger partial charge in [0.15, 0.2) is 23.1 Å². The van der Waals surface area contributed by atoms with Crippen molar-refractivity contribution in [3.05, 3.63) is 65.2 Å². The molecule has 2 rings (SSSR count). The number of ketones is 2. The summed E-state index contributed by atoms with van der Waals surface area (Å²) in [5.41, 5.74) is 7.48. The van der Waals surface area contributed by atoms with Crippen LogP contribution in [-0.2, 0) is 16.1 Å². The van der Waals surface area contributed by atoms with Gasteiger partial charge in [-0.3, -0.25) is 9.59 Å². The number of nitrogens with two attached hydrogens (primary N) is 1. The van der Waals surface area contributed by atoms with Crippen molar-refractivity contribution in [2.75, 3.05) is 40.5 Å². The molecule has 0 spiro atoms. The van der Waals surface area contributed by atoms with Crippen LogP contribution in [0.2, 0.25) is 0 Å². The van der Waals surface area contributed by atoms with Crippen molar-refractivity contribution in [1.29, 1.82) is 0 Å². The van der Waals surface area contributed by atoms with E-state index in [4.69, 9.17) is 25.1 Å². The van der Waals surface area contributed by atoms with Gasteiger partial charge >= 0.3 is 6.09 Å². The molecule has 0 fully saturated rings. The van der Waals surface area contributed by atoms with Crippen LogP contribution in [0.15, 0.2) is 48.6 Å². The second-order valence-corrected chi connectivity index (χ2v) is 7.82. The molecule has 0 atom stereocenters. The standard InChI is InChI=1S/C27H32N2O8/c1-35-25-15-19(3-7-21(25)18-29(12-11-28)27(33)34)4-8-22(31)17-23(32)9-5-20-6-10-24(37-14-13-30)26(16-20)36-2/h3-10,15-16,30H,11-14,17-18,28H2,1-2H3,(H,33,34)/b8-4+,9-5+. The summed E-state index contributed by atoms with van der Waals surface area (Å²) in [6, 6.07) is 10.2. The molecule has 0 aliphatic carbocycles. The van der Waals surface area contributed by atoms with Gasteiger partial charge in [0.1, 0.15) is 12.4 Å². The molecule has 0 unspecified atom stereocenters. The van der Waals surface area contributed by atoms with E-state index in [1.807, 2.05) is 0 Å². The fourth-order valence-corrected chi connectivity index (χ4v) is 3.33. The first-order valence-corrected chi connectivity index (χ1v) is 11.5. The average molecular weight is 513 g/mol. The monoisotopic (exact) mass is 512 g/mol. The van der Waals surface area contributed by atoms with Crippen LogP contribution < -0.4 is 19.9 Å². The lowest BCUT2D eigenvalue weighted by Crippen LogP contribution is -2.33. The topological polar surface area (TPSA) is 149 Å². The van der Waals surface area contributed by atoms with E-state index in [1.165, 1.54) is 31.3 Å². The maximum absolute atomic E-state index is 12.3. The van der Waals surface area contributed by atoms with Gasteiger partial charge in [0.25, 0.3) is 0 Å². The van der Waals surface area contributed by atoms with Crippen LogP contribution in [0.5, 0.6) is 17.2 Å². The second-order valence-electron chi connectivity index (χ2n) is 7.82. The number of methoxy groups -OCH3 is 2. The summed E-state index contributed by atoms with van der Waals surface area (Å²) in [6.07, 6.45) is 4.40. The van der Waals surface area contributed by atoms with Crippen LogP contribution in [0.1, 0.15) is 23.1 Å². The number of rotatable bonds is 15. The van der Waals surface area contributed by atoms with E-state index in [2.05, 4.69) is 0 Å². The Kier molecular flexibility index (Phi) is 11.8. The van der Waals surface area contributed by atoms with E-state index in [9.17, 15) is 19.5 Å². The minimum atomic E-state index is -1.08. The molecule has 10 nitrogen and oxygen atoms in total. The molecule has 0 saturated carbocycles. The van der Waals surface area contributed by atoms with Crippen LogP contribution >= 0.6 is 0 Å². The molecule has 10 heteroatoms. The maximum Gasteiger partial charge on any atom is 0.407 e. The lowest BCUT2D eigenvalue weighted by Gasteiger charge is -2.20. The summed E-state index contributed by atoms with van der Waals surface area (Å²) >= 11 is 0. The Hall–Kier alpha value is -4.15. The van der Waals surface area contributed by atoms with Gasteiger partial charge in [-0.1, -0.05) is 30.4 Å². The lowest BCUT2D eigenvalue weighted by molar-refractivity contribution is -0.121. The molecule has 2 aromatic rings. The number of aliphatic hydroxyl groups is 1. The second kappa shape index (κ2) is 15.1. The molecule has 198 valence electrons. The van der Waals surface area contributed by atoms with Crippen LogP contribution in [0, 0.1) is 0 Å². The summed E-state index contributed by atoms with van der Waals surface area (Å²) in [4.78, 5) is 37.1. The van der Waals surface area contributed by atoms with E-state index in [-0.39, 0.29) is 50.8 Å². The van der Waals surface area contributed by atoms with Gasteiger partial charge in [-0.05, 0) is 41.5 Å². The number of ether oxygens (including phenoxy) is 3. The van der Waals surface area contributed by atoms with Crippen LogP contribution in [0.4, 0.5) is 4.79 Å². The zero-order valence-corrected chi connectivity index (χ0v) is 20.9. The highest BCUT2D eigenvalue weighted by molar-refractivity contribution is 6.10. The Balaban J connectivity index is 1.99. The quantitative estimate of drug-likeness (QED) is 0.242. The number of hydrogen-bond donors (Lipinski definition) is 3. The van der Waals surface area contributed by atoms with Crippen molar-refractivity contribution in [2.45, 2.75) is 13.0 Å². The van der Waals surface area contributed by atoms with Gasteiger partial charge in [0.2, 0.25) is 0 Å². The van der Waals surface area contributed by atoms with Gasteiger partial charge in [-0.25, -0.2) is 4.79 Å². The van der Waals surface area contributed by atoms with Crippen LogP contribution in [-0.4, -0.2) is 73.3 Å². The SMILES string of the molecule is COc1cc(/C=C/C(=O)CC(=O)/C=C/c2ccc(OCCO)c(OC)c2)ccc1CN(CCN)C(=O)O. The number of hydrogen-bond acceptors (Lipinski definition) is 8. The van der Waals surface area contributed by atoms with E-state index in [0.29, 0.717) is 33.9 Å². The molecule has 0 aliphatic rings. The predicted octanol–water partition coefficient (Wildman–Crippen LogP) is 2.77. The zero-order valence-electron chi connectivity index (χ0n) is 20.9. The number of carbonyl (C=O) groups is 3. The fraction of sp³-hybridized carbons (Fsp3) is 0.296. The summed E-state index contributed by atoms with van der Waals surface area (Å²) in [6.45, 7) is 0.515. The van der Waals surface area contributed by atoms with Gasteiger partial charge in [-0.2, -0.15) is 0 Å². The Morgan fingerprint density at radius 3 is 2.05 bits per heavy atom. The smallest absolute Gasteiger partial charge is 0.407 e. The first kappa shape index (κ1) is 29.1. The number of amides is 1. The number of aliphatic hydroxyl groups excluding tert-OH is 1. The molecule has 4 N–H and O–H groups in total. The molecule has 1 amide bonds. The van der Waals surface area contributed by atoms with Crippen molar-refractivity contribution in [3.63, 3.8) is 0 Å². The third-order valence-corrected chi connectivity index (χ3v) is 5.15. The van der Waals surface area contributed by atoms with Crippen molar-refractivity contribution < 1.29 is 38.8 Å². The molecule has 0 bridgehead atoms. The Labute approximate surface area is 215 Å². The molecule has 0 aromatic heterocycles. The first-order valence-electron chi connectivity index (χ1n) is 11.5. The highest BCUT2D eigenvalue weighted by Gasteiger charge is 2.14. The van der Waals surface area contributed by atoms with Gasteiger partial charge in [0.05, 0.1) is 33.8 Å². The molecular weight excluding hydrogens is 480 g/mol. The summed E-state index contributed by atoms with van der Waals surface area (Å²) < 4.78 is 16.0. The highest BCUT2D eigenvalue weighted by atomic mass is 16.5. The largest absolute Gasteiger partial charge is 0.496 e. The van der Waals surface area contributed by atoms with E-state index in [1.54, 1.807) is 48.6 Å². The van der Waals surface area contributed by atoms with Crippen LogP contribution in [0.3, 0.4) is 0 Å². The molecule has 37 heavy (non-hydrogen) atoms. The lowest BCUT2D eigenvalue weighted by atomic mass is 10.1. The van der Waals surface area contributed by atoms with Gasteiger partial charge in [-0.15, -0.1) is 0 Å². The molecule has 0 saturated heterocycles. The molecule has 0 aliphatic heterocycles. The van der Waals surface area contributed by atoms with E-state index < -0.39 is 6.09 Å².